The van der Waals surface area contributed by atoms with Crippen molar-refractivity contribution in [2.24, 2.45) is 29.6 Å². The van der Waals surface area contributed by atoms with Gasteiger partial charge in [-0.1, -0.05) is 20.8 Å². The van der Waals surface area contributed by atoms with E-state index in [0.717, 1.165) is 29.6 Å². The summed E-state index contributed by atoms with van der Waals surface area (Å²) in [5.74, 6) is 5.26. The van der Waals surface area contributed by atoms with Crippen LogP contribution in [0.3, 0.4) is 0 Å². The van der Waals surface area contributed by atoms with Gasteiger partial charge in [-0.25, -0.2) is 0 Å². The lowest BCUT2D eigenvalue weighted by Gasteiger charge is -2.16. The summed E-state index contributed by atoms with van der Waals surface area (Å²) in [4.78, 5) is 0. The van der Waals surface area contributed by atoms with Crippen LogP contribution in [-0.2, 0) is 0 Å². The van der Waals surface area contributed by atoms with Crippen LogP contribution in [0.5, 0.6) is 0 Å². The Morgan fingerprint density at radius 1 is 0.909 bits per heavy atom. The predicted molar refractivity (Wildman–Crippen MR) is 48.3 cm³/mol. The van der Waals surface area contributed by atoms with Crippen molar-refractivity contribution in [1.82, 2.24) is 0 Å². The van der Waals surface area contributed by atoms with Crippen LogP contribution in [0.1, 0.15) is 40.0 Å². The summed E-state index contributed by atoms with van der Waals surface area (Å²) in [7, 11) is 0. The van der Waals surface area contributed by atoms with E-state index in [4.69, 9.17) is 0 Å². The fraction of sp³-hybridized carbons (Fsp3) is 1.00. The van der Waals surface area contributed by atoms with Crippen LogP contribution in [0, 0.1) is 29.6 Å². The lowest BCUT2D eigenvalue weighted by atomic mass is 9.89. The predicted octanol–water partition coefficient (Wildman–Crippen LogP) is 3.32. The molecule has 0 aromatic carbocycles. The molecule has 0 radical (unpaired) electrons. The first kappa shape index (κ1) is 7.64. The monoisotopic (exact) mass is 152 g/mol. The van der Waals surface area contributed by atoms with Crippen molar-refractivity contribution >= 4 is 0 Å². The zero-order valence-corrected chi connectivity index (χ0v) is 8.01. The summed E-state index contributed by atoms with van der Waals surface area (Å²) in [6.45, 7) is 7.33. The maximum Gasteiger partial charge on any atom is -0.0355 e. The van der Waals surface area contributed by atoms with E-state index in [1.54, 1.807) is 0 Å². The molecule has 3 unspecified atom stereocenters. The van der Waals surface area contributed by atoms with Crippen molar-refractivity contribution in [3.05, 3.63) is 0 Å². The average molecular weight is 152 g/mol. The van der Waals surface area contributed by atoms with Crippen LogP contribution < -0.4 is 0 Å². The maximum atomic E-state index is 2.47. The van der Waals surface area contributed by atoms with E-state index in [1.807, 2.05) is 0 Å². The molecule has 0 aromatic heterocycles. The molecule has 0 nitrogen and oxygen atoms in total. The largest absolute Gasteiger partial charge is 0.0625 e. The fourth-order valence-electron chi connectivity index (χ4n) is 3.47. The zero-order chi connectivity index (χ0) is 8.01. The lowest BCUT2D eigenvalue weighted by molar-refractivity contribution is 0.332. The van der Waals surface area contributed by atoms with Crippen LogP contribution in [0.4, 0.5) is 0 Å². The van der Waals surface area contributed by atoms with E-state index in [9.17, 15) is 0 Å². The Labute approximate surface area is 70.4 Å². The van der Waals surface area contributed by atoms with Gasteiger partial charge in [-0.3, -0.25) is 0 Å². The molecule has 0 heteroatoms. The van der Waals surface area contributed by atoms with E-state index in [-0.39, 0.29) is 0 Å². The van der Waals surface area contributed by atoms with Gasteiger partial charge in [0.1, 0.15) is 0 Å². The van der Waals surface area contributed by atoms with Crippen molar-refractivity contribution in [3.63, 3.8) is 0 Å². The zero-order valence-electron chi connectivity index (χ0n) is 8.01. The summed E-state index contributed by atoms with van der Waals surface area (Å²) in [6.07, 6.45) is 4.58. The first-order valence-corrected chi connectivity index (χ1v) is 5.18. The van der Waals surface area contributed by atoms with Gasteiger partial charge < -0.3 is 0 Å². The fourth-order valence-corrected chi connectivity index (χ4v) is 3.47. The Balaban J connectivity index is 2.07. The summed E-state index contributed by atoms with van der Waals surface area (Å²) in [6, 6.07) is 0. The molecular formula is C11H20. The second kappa shape index (κ2) is 2.50. The number of hydrogen-bond acceptors (Lipinski definition) is 0. The minimum Gasteiger partial charge on any atom is -0.0625 e. The highest BCUT2D eigenvalue weighted by molar-refractivity contribution is 4.92. The number of rotatable bonds is 0. The highest BCUT2D eigenvalue weighted by Crippen LogP contribution is 2.51. The van der Waals surface area contributed by atoms with Gasteiger partial charge in [0.15, 0.2) is 0 Å². The summed E-state index contributed by atoms with van der Waals surface area (Å²) in [5, 5.41) is 0. The Morgan fingerprint density at radius 2 is 1.64 bits per heavy atom. The minimum absolute atomic E-state index is 1.01. The molecule has 0 saturated heterocycles. The lowest BCUT2D eigenvalue weighted by Crippen LogP contribution is -2.09. The van der Waals surface area contributed by atoms with Gasteiger partial charge in [-0.05, 0) is 48.9 Å². The van der Waals surface area contributed by atoms with Crippen LogP contribution >= 0.6 is 0 Å². The summed E-state index contributed by atoms with van der Waals surface area (Å²) >= 11 is 0. The SMILES string of the molecule is CC1C[C@H]2CC(C)C(C)[C@H]2C1. The molecule has 0 N–H and O–H groups in total. The highest BCUT2D eigenvalue weighted by atomic mass is 14.5. The van der Waals surface area contributed by atoms with Crippen LogP contribution in [0.15, 0.2) is 0 Å². The Morgan fingerprint density at radius 3 is 2.27 bits per heavy atom. The van der Waals surface area contributed by atoms with E-state index in [0.29, 0.717) is 0 Å². The van der Waals surface area contributed by atoms with Crippen LogP contribution in [-0.4, -0.2) is 0 Å². The topological polar surface area (TPSA) is 0 Å². The van der Waals surface area contributed by atoms with Crippen molar-refractivity contribution in [3.8, 4) is 0 Å². The molecule has 64 valence electrons. The smallest absolute Gasteiger partial charge is 0.0355 e. The maximum absolute atomic E-state index is 2.47. The molecule has 2 aliphatic carbocycles. The van der Waals surface area contributed by atoms with E-state index < -0.39 is 0 Å². The number of hydrogen-bond donors (Lipinski definition) is 0. The van der Waals surface area contributed by atoms with Gasteiger partial charge in [0.25, 0.3) is 0 Å². The normalized spacial score (nSPS) is 56.5. The molecular weight excluding hydrogens is 132 g/mol. The first-order chi connectivity index (χ1) is 5.18. The summed E-state index contributed by atoms with van der Waals surface area (Å²) in [5.41, 5.74) is 0. The molecule has 0 spiro atoms. The van der Waals surface area contributed by atoms with Crippen LogP contribution in [0.2, 0.25) is 0 Å². The van der Waals surface area contributed by atoms with E-state index in [1.165, 1.54) is 19.3 Å². The molecule has 2 aliphatic rings. The molecule has 0 heterocycles. The molecule has 5 atom stereocenters. The molecule has 2 rings (SSSR count). The van der Waals surface area contributed by atoms with Gasteiger partial charge >= 0.3 is 0 Å². The molecule has 0 amide bonds. The van der Waals surface area contributed by atoms with Crippen molar-refractivity contribution in [2.75, 3.05) is 0 Å². The second-order valence-corrected chi connectivity index (χ2v) is 5.07. The Kier molecular flexibility index (Phi) is 1.74. The molecule has 2 saturated carbocycles. The van der Waals surface area contributed by atoms with Crippen LogP contribution in [0.25, 0.3) is 0 Å². The average Bonchev–Trinajstić information content (AvgIpc) is 2.37. The second-order valence-electron chi connectivity index (χ2n) is 5.07. The third-order valence-electron chi connectivity index (χ3n) is 4.23. The van der Waals surface area contributed by atoms with Crippen molar-refractivity contribution < 1.29 is 0 Å². The molecule has 11 heavy (non-hydrogen) atoms. The van der Waals surface area contributed by atoms with E-state index >= 15 is 0 Å². The third-order valence-corrected chi connectivity index (χ3v) is 4.23. The molecule has 0 bridgehead atoms. The first-order valence-electron chi connectivity index (χ1n) is 5.18. The number of fused-ring (bicyclic) bond motifs is 1. The molecule has 2 fully saturated rings. The van der Waals surface area contributed by atoms with E-state index in [2.05, 4.69) is 20.8 Å². The third kappa shape index (κ3) is 1.11. The minimum atomic E-state index is 1.01. The van der Waals surface area contributed by atoms with Crippen molar-refractivity contribution in [2.45, 2.75) is 40.0 Å². The highest BCUT2D eigenvalue weighted by Gasteiger charge is 2.43. The van der Waals surface area contributed by atoms with Gasteiger partial charge in [0, 0.05) is 0 Å². The van der Waals surface area contributed by atoms with Gasteiger partial charge in [-0.2, -0.15) is 0 Å². The molecule has 0 aromatic rings. The molecule has 0 aliphatic heterocycles. The summed E-state index contributed by atoms with van der Waals surface area (Å²) < 4.78 is 0. The van der Waals surface area contributed by atoms with Gasteiger partial charge in [-0.15, -0.1) is 0 Å². The Bertz CT molecular complexity index is 150. The standard InChI is InChI=1S/C11H20/c1-7-4-10-6-8(2)9(3)11(10)5-7/h7-11H,4-6H2,1-3H3/t7?,8?,9?,10-,11+/m0/s1. The van der Waals surface area contributed by atoms with Crippen molar-refractivity contribution in [1.29, 1.82) is 0 Å². The quantitative estimate of drug-likeness (QED) is 0.499. The Hall–Kier alpha value is 0. The van der Waals surface area contributed by atoms with Gasteiger partial charge in [0.05, 0.1) is 0 Å². The van der Waals surface area contributed by atoms with Gasteiger partial charge in [0.2, 0.25) is 0 Å².